The Bertz CT molecular complexity index is 1140. The van der Waals surface area contributed by atoms with Crippen LogP contribution in [0.25, 0.3) is 11.3 Å². The average Bonchev–Trinajstić information content (AvgIpc) is 3.63. The van der Waals surface area contributed by atoms with Crippen LogP contribution in [0.3, 0.4) is 0 Å². The molecule has 34 heavy (non-hydrogen) atoms. The van der Waals surface area contributed by atoms with Gasteiger partial charge in [-0.2, -0.15) is 0 Å². The summed E-state index contributed by atoms with van der Waals surface area (Å²) in [6, 6.07) is 13.2. The van der Waals surface area contributed by atoms with Gasteiger partial charge in [-0.15, -0.1) is 0 Å². The van der Waals surface area contributed by atoms with Crippen LogP contribution in [0.15, 0.2) is 47.0 Å². The number of methoxy groups -OCH3 is 1. The van der Waals surface area contributed by atoms with Crippen molar-refractivity contribution < 1.29 is 18.8 Å². The molecule has 0 aliphatic heterocycles. The van der Waals surface area contributed by atoms with Crippen molar-refractivity contribution in [3.05, 3.63) is 75.0 Å². The lowest BCUT2D eigenvalue weighted by Crippen LogP contribution is -2.21. The van der Waals surface area contributed by atoms with Crippen molar-refractivity contribution in [2.75, 3.05) is 7.11 Å². The first-order valence-electron chi connectivity index (χ1n) is 11.8. The molecule has 0 saturated heterocycles. The lowest BCUT2D eigenvalue weighted by atomic mass is 9.82. The number of rotatable bonds is 7. The smallest absolute Gasteiger partial charge is 0.337 e. The van der Waals surface area contributed by atoms with E-state index in [9.17, 15) is 4.79 Å². The molecule has 1 heterocycles. The van der Waals surface area contributed by atoms with Crippen molar-refractivity contribution in [3.8, 4) is 11.3 Å². The summed E-state index contributed by atoms with van der Waals surface area (Å²) < 4.78 is 16.9. The minimum absolute atomic E-state index is 0.183. The minimum Gasteiger partial charge on any atom is -0.465 e. The summed E-state index contributed by atoms with van der Waals surface area (Å²) in [4.78, 5) is 11.7. The SMILES string of the molecule is COC(=O)c1ccc([C@H]2CC[C@H](OCc3c(-c4c(Cl)cccc4Cl)noc3C3CC3)CC2)cc1. The zero-order valence-corrected chi connectivity index (χ0v) is 20.6. The fraction of sp³-hybridized carbons (Fsp3) is 0.407. The fourth-order valence-electron chi connectivity index (χ4n) is 4.82. The van der Waals surface area contributed by atoms with E-state index in [1.807, 2.05) is 42.5 Å². The van der Waals surface area contributed by atoms with Crippen LogP contribution < -0.4 is 0 Å². The number of hydrogen-bond donors (Lipinski definition) is 0. The molecule has 2 aromatic carbocycles. The van der Waals surface area contributed by atoms with Crippen molar-refractivity contribution in [1.82, 2.24) is 5.16 Å². The van der Waals surface area contributed by atoms with E-state index >= 15 is 0 Å². The topological polar surface area (TPSA) is 61.6 Å². The second-order valence-corrected chi connectivity index (χ2v) is 9.96. The third-order valence-corrected chi connectivity index (χ3v) is 7.54. The van der Waals surface area contributed by atoms with Crippen LogP contribution in [0.2, 0.25) is 10.0 Å². The van der Waals surface area contributed by atoms with Crippen molar-refractivity contribution in [2.24, 2.45) is 0 Å². The van der Waals surface area contributed by atoms with E-state index in [4.69, 9.17) is 37.2 Å². The van der Waals surface area contributed by atoms with Gasteiger partial charge < -0.3 is 14.0 Å². The van der Waals surface area contributed by atoms with Crippen LogP contribution in [0.1, 0.15) is 77.6 Å². The Balaban J connectivity index is 1.24. The summed E-state index contributed by atoms with van der Waals surface area (Å²) in [5, 5.41) is 5.47. The summed E-state index contributed by atoms with van der Waals surface area (Å²) in [6.45, 7) is 0.440. The summed E-state index contributed by atoms with van der Waals surface area (Å²) in [6.07, 6.45) is 6.46. The van der Waals surface area contributed by atoms with Crippen LogP contribution >= 0.6 is 23.2 Å². The first-order chi connectivity index (χ1) is 16.5. The third kappa shape index (κ3) is 4.88. The van der Waals surface area contributed by atoms with E-state index in [1.165, 1.54) is 12.7 Å². The number of carbonyl (C=O) groups excluding carboxylic acids is 1. The van der Waals surface area contributed by atoms with E-state index in [2.05, 4.69) is 5.16 Å². The molecule has 1 aromatic heterocycles. The number of nitrogens with zero attached hydrogens (tertiary/aromatic N) is 1. The van der Waals surface area contributed by atoms with Crippen molar-refractivity contribution >= 4 is 29.2 Å². The third-order valence-electron chi connectivity index (χ3n) is 6.91. The molecular weight excluding hydrogens is 473 g/mol. The van der Waals surface area contributed by atoms with Crippen LogP contribution in [0.4, 0.5) is 0 Å². The van der Waals surface area contributed by atoms with Gasteiger partial charge in [-0.05, 0) is 74.3 Å². The normalized spacial score (nSPS) is 20.3. The average molecular weight is 500 g/mol. The van der Waals surface area contributed by atoms with Crippen LogP contribution in [0, 0.1) is 0 Å². The van der Waals surface area contributed by atoms with Gasteiger partial charge in [0.05, 0.1) is 35.4 Å². The molecular formula is C27H27Cl2NO4. The predicted molar refractivity (Wildman–Crippen MR) is 132 cm³/mol. The summed E-state index contributed by atoms with van der Waals surface area (Å²) in [5.41, 5.74) is 4.21. The monoisotopic (exact) mass is 499 g/mol. The first-order valence-corrected chi connectivity index (χ1v) is 12.5. The van der Waals surface area contributed by atoms with Gasteiger partial charge in [0.2, 0.25) is 0 Å². The maximum absolute atomic E-state index is 11.7. The molecule has 0 amide bonds. The Morgan fingerprint density at radius 1 is 0.971 bits per heavy atom. The standard InChI is InChI=1S/C27H27Cl2NO4/c1-32-27(31)19-9-5-16(6-10-19)17-11-13-20(14-12-17)33-15-21-25(30-34-26(21)18-7-8-18)24-22(28)3-2-4-23(24)29/h2-6,9-10,17-18,20H,7-8,11-15H2,1H3/t17-,20-. The van der Waals surface area contributed by atoms with Gasteiger partial charge in [0.15, 0.2) is 0 Å². The molecule has 3 aromatic rings. The van der Waals surface area contributed by atoms with Gasteiger partial charge in [0.1, 0.15) is 11.5 Å². The first kappa shape index (κ1) is 23.4. The van der Waals surface area contributed by atoms with Crippen LogP contribution in [0.5, 0.6) is 0 Å². The lowest BCUT2D eigenvalue weighted by Gasteiger charge is -2.29. The molecule has 0 atom stereocenters. The van der Waals surface area contributed by atoms with Crippen molar-refractivity contribution in [1.29, 1.82) is 0 Å². The Hall–Kier alpha value is -2.34. The van der Waals surface area contributed by atoms with E-state index in [0.29, 0.717) is 45.3 Å². The van der Waals surface area contributed by atoms with Gasteiger partial charge in [0, 0.05) is 17.0 Å². The Kier molecular flexibility index (Phi) is 6.96. The zero-order chi connectivity index (χ0) is 23.7. The molecule has 2 aliphatic carbocycles. The minimum atomic E-state index is -0.305. The molecule has 2 saturated carbocycles. The second-order valence-electron chi connectivity index (χ2n) is 9.14. The number of ether oxygens (including phenoxy) is 2. The molecule has 0 bridgehead atoms. The molecule has 2 fully saturated rings. The fourth-order valence-corrected chi connectivity index (χ4v) is 5.40. The summed E-state index contributed by atoms with van der Waals surface area (Å²) in [7, 11) is 1.40. The van der Waals surface area contributed by atoms with Crippen molar-refractivity contribution in [3.63, 3.8) is 0 Å². The van der Waals surface area contributed by atoms with Crippen LogP contribution in [-0.2, 0) is 16.1 Å². The van der Waals surface area contributed by atoms with Gasteiger partial charge >= 0.3 is 5.97 Å². The molecule has 0 spiro atoms. The molecule has 178 valence electrons. The van der Waals surface area contributed by atoms with Gasteiger partial charge in [-0.25, -0.2) is 4.79 Å². The molecule has 0 radical (unpaired) electrons. The summed E-state index contributed by atoms with van der Waals surface area (Å²) in [5.74, 6) is 1.48. The van der Waals surface area contributed by atoms with Gasteiger partial charge in [-0.3, -0.25) is 0 Å². The second kappa shape index (κ2) is 10.1. The van der Waals surface area contributed by atoms with Crippen LogP contribution in [-0.4, -0.2) is 24.3 Å². The number of carbonyl (C=O) groups is 1. The van der Waals surface area contributed by atoms with E-state index in [0.717, 1.165) is 49.8 Å². The maximum Gasteiger partial charge on any atom is 0.337 e. The Morgan fingerprint density at radius 3 is 2.24 bits per heavy atom. The highest BCUT2D eigenvalue weighted by atomic mass is 35.5. The maximum atomic E-state index is 11.7. The number of benzene rings is 2. The van der Waals surface area contributed by atoms with Gasteiger partial charge in [0.25, 0.3) is 0 Å². The lowest BCUT2D eigenvalue weighted by molar-refractivity contribution is 0.0129. The number of aromatic nitrogens is 1. The highest BCUT2D eigenvalue weighted by molar-refractivity contribution is 6.39. The highest BCUT2D eigenvalue weighted by Gasteiger charge is 2.34. The number of esters is 1. The largest absolute Gasteiger partial charge is 0.465 e. The van der Waals surface area contributed by atoms with E-state index < -0.39 is 0 Å². The predicted octanol–water partition coefficient (Wildman–Crippen LogP) is 7.56. The molecule has 0 N–H and O–H groups in total. The molecule has 2 aliphatic rings. The van der Waals surface area contributed by atoms with Crippen molar-refractivity contribution in [2.45, 2.75) is 63.1 Å². The van der Waals surface area contributed by atoms with Gasteiger partial charge in [-0.1, -0.05) is 46.6 Å². The summed E-state index contributed by atoms with van der Waals surface area (Å²) >= 11 is 12.9. The molecule has 5 nitrogen and oxygen atoms in total. The Morgan fingerprint density at radius 2 is 1.62 bits per heavy atom. The Labute approximate surface area is 209 Å². The highest BCUT2D eigenvalue weighted by Crippen LogP contribution is 2.46. The van der Waals surface area contributed by atoms with E-state index in [1.54, 1.807) is 0 Å². The quantitative estimate of drug-likeness (QED) is 0.314. The zero-order valence-electron chi connectivity index (χ0n) is 19.1. The molecule has 5 rings (SSSR count). The number of hydrogen-bond acceptors (Lipinski definition) is 5. The van der Waals surface area contributed by atoms with E-state index in [-0.39, 0.29) is 12.1 Å². The number of halogens is 2. The molecule has 7 heteroatoms. The molecule has 0 unspecified atom stereocenters.